The first-order chi connectivity index (χ1) is 9.27. The van der Waals surface area contributed by atoms with Crippen LogP contribution in [0.4, 0.5) is 0 Å². The van der Waals surface area contributed by atoms with Crippen LogP contribution in [-0.2, 0) is 14.9 Å². The van der Waals surface area contributed by atoms with Gasteiger partial charge in [0, 0.05) is 32.2 Å². The highest BCUT2D eigenvalue weighted by Gasteiger charge is 2.37. The van der Waals surface area contributed by atoms with E-state index in [9.17, 15) is 0 Å². The molecule has 1 aromatic rings. The summed E-state index contributed by atoms with van der Waals surface area (Å²) in [4.78, 5) is 0. The minimum absolute atomic E-state index is 0.332. The highest BCUT2D eigenvalue weighted by Crippen LogP contribution is 2.33. The van der Waals surface area contributed by atoms with Crippen molar-refractivity contribution >= 4 is 0 Å². The molecule has 106 valence electrons. The summed E-state index contributed by atoms with van der Waals surface area (Å²) in [6, 6.07) is 8.99. The van der Waals surface area contributed by atoms with Gasteiger partial charge in [-0.1, -0.05) is 29.8 Å². The van der Waals surface area contributed by atoms with Gasteiger partial charge in [-0.05, 0) is 25.3 Å². The summed E-state index contributed by atoms with van der Waals surface area (Å²) >= 11 is 0. The predicted octanol–water partition coefficient (Wildman–Crippen LogP) is 2.28. The highest BCUT2D eigenvalue weighted by atomic mass is 16.5. The third-order valence-corrected chi connectivity index (χ3v) is 3.97. The van der Waals surface area contributed by atoms with E-state index in [0.717, 1.165) is 26.1 Å². The van der Waals surface area contributed by atoms with Gasteiger partial charge in [-0.15, -0.1) is 0 Å². The van der Waals surface area contributed by atoms with Crippen molar-refractivity contribution in [1.82, 2.24) is 5.32 Å². The second-order valence-corrected chi connectivity index (χ2v) is 5.46. The molecule has 1 aliphatic rings. The monoisotopic (exact) mass is 263 g/mol. The molecule has 19 heavy (non-hydrogen) atoms. The lowest BCUT2D eigenvalue weighted by Crippen LogP contribution is -2.56. The smallest absolute Gasteiger partial charge is 0.0700 e. The molecule has 1 N–H and O–H groups in total. The minimum Gasteiger partial charge on any atom is -0.382 e. The third-order valence-electron chi connectivity index (χ3n) is 3.97. The van der Waals surface area contributed by atoms with E-state index in [1.165, 1.54) is 17.5 Å². The van der Waals surface area contributed by atoms with E-state index >= 15 is 0 Å². The van der Waals surface area contributed by atoms with E-state index in [1.807, 2.05) is 0 Å². The number of methoxy groups -OCH3 is 1. The largest absolute Gasteiger partial charge is 0.382 e. The number of nitrogens with one attached hydrogen (secondary N) is 1. The fourth-order valence-corrected chi connectivity index (χ4v) is 2.62. The first kappa shape index (κ1) is 14.5. The second kappa shape index (κ2) is 7.04. The van der Waals surface area contributed by atoms with Gasteiger partial charge in [0.1, 0.15) is 0 Å². The lowest BCUT2D eigenvalue weighted by Gasteiger charge is -2.43. The highest BCUT2D eigenvalue weighted by molar-refractivity contribution is 5.32. The first-order valence-electron chi connectivity index (χ1n) is 7.11. The van der Waals surface area contributed by atoms with Crippen LogP contribution in [0.3, 0.4) is 0 Å². The summed E-state index contributed by atoms with van der Waals surface area (Å²) in [6.07, 6.45) is 2.30. The SMILES string of the molecule is COCCOCCCC1(c2ccc(C)cc2)CNC1. The van der Waals surface area contributed by atoms with Crippen molar-refractivity contribution in [3.8, 4) is 0 Å². The van der Waals surface area contributed by atoms with Crippen LogP contribution in [0.5, 0.6) is 0 Å². The van der Waals surface area contributed by atoms with E-state index in [0.29, 0.717) is 18.6 Å². The Labute approximate surface area is 116 Å². The molecule has 0 radical (unpaired) electrons. The maximum atomic E-state index is 5.55. The van der Waals surface area contributed by atoms with E-state index in [4.69, 9.17) is 9.47 Å². The van der Waals surface area contributed by atoms with E-state index in [2.05, 4.69) is 36.5 Å². The molecule has 1 aromatic carbocycles. The molecule has 3 heteroatoms. The number of hydrogen-bond donors (Lipinski definition) is 1. The Balaban J connectivity index is 1.80. The number of rotatable bonds is 8. The average molecular weight is 263 g/mol. The first-order valence-corrected chi connectivity index (χ1v) is 7.11. The standard InChI is InChI=1S/C16H25NO2/c1-14-4-6-15(7-5-14)16(12-17-13-16)8-3-9-19-11-10-18-2/h4-7,17H,3,8-13H2,1-2H3. The molecule has 0 bridgehead atoms. The fourth-order valence-electron chi connectivity index (χ4n) is 2.62. The van der Waals surface area contributed by atoms with Crippen molar-refractivity contribution in [1.29, 1.82) is 0 Å². The van der Waals surface area contributed by atoms with Crippen LogP contribution in [0, 0.1) is 6.92 Å². The van der Waals surface area contributed by atoms with Gasteiger partial charge < -0.3 is 14.8 Å². The normalized spacial score (nSPS) is 17.2. The maximum Gasteiger partial charge on any atom is 0.0700 e. The van der Waals surface area contributed by atoms with Crippen molar-refractivity contribution in [3.63, 3.8) is 0 Å². The fraction of sp³-hybridized carbons (Fsp3) is 0.625. The molecule has 0 aliphatic carbocycles. The van der Waals surface area contributed by atoms with E-state index in [-0.39, 0.29) is 0 Å². The van der Waals surface area contributed by atoms with Crippen LogP contribution in [0.2, 0.25) is 0 Å². The van der Waals surface area contributed by atoms with Gasteiger partial charge in [-0.25, -0.2) is 0 Å². The molecule has 0 aromatic heterocycles. The quantitative estimate of drug-likeness (QED) is 0.730. The molecule has 0 atom stereocenters. The number of hydrogen-bond acceptors (Lipinski definition) is 3. The summed E-state index contributed by atoms with van der Waals surface area (Å²) in [5.74, 6) is 0. The van der Waals surface area contributed by atoms with E-state index in [1.54, 1.807) is 7.11 Å². The van der Waals surface area contributed by atoms with Crippen LogP contribution in [0.1, 0.15) is 24.0 Å². The number of ether oxygens (including phenoxy) is 2. The van der Waals surface area contributed by atoms with Crippen LogP contribution in [0.25, 0.3) is 0 Å². The van der Waals surface area contributed by atoms with E-state index < -0.39 is 0 Å². The lowest BCUT2D eigenvalue weighted by molar-refractivity contribution is 0.0644. The van der Waals surface area contributed by atoms with Gasteiger partial charge in [0.05, 0.1) is 13.2 Å². The molecule has 1 aliphatic heterocycles. The van der Waals surface area contributed by atoms with Crippen LogP contribution >= 0.6 is 0 Å². The second-order valence-electron chi connectivity index (χ2n) is 5.46. The lowest BCUT2D eigenvalue weighted by atomic mass is 9.72. The number of aryl methyl sites for hydroxylation is 1. The Bertz CT molecular complexity index is 371. The molecular formula is C16H25NO2. The Kier molecular flexibility index (Phi) is 5.37. The van der Waals surface area contributed by atoms with Crippen molar-refractivity contribution in [2.24, 2.45) is 0 Å². The zero-order valence-corrected chi connectivity index (χ0v) is 12.1. The van der Waals surface area contributed by atoms with Gasteiger partial charge >= 0.3 is 0 Å². The van der Waals surface area contributed by atoms with Crippen molar-refractivity contribution in [3.05, 3.63) is 35.4 Å². The van der Waals surface area contributed by atoms with Crippen molar-refractivity contribution in [2.75, 3.05) is 40.0 Å². The maximum absolute atomic E-state index is 5.55. The Morgan fingerprint density at radius 3 is 2.42 bits per heavy atom. The van der Waals surface area contributed by atoms with Crippen LogP contribution < -0.4 is 5.32 Å². The molecule has 0 spiro atoms. The molecule has 0 unspecified atom stereocenters. The van der Waals surface area contributed by atoms with Gasteiger partial charge in [0.25, 0.3) is 0 Å². The Hall–Kier alpha value is -0.900. The predicted molar refractivity (Wildman–Crippen MR) is 77.7 cm³/mol. The topological polar surface area (TPSA) is 30.5 Å². The molecular weight excluding hydrogens is 238 g/mol. The zero-order chi connectivity index (χ0) is 13.6. The molecule has 2 rings (SSSR count). The zero-order valence-electron chi connectivity index (χ0n) is 12.1. The third kappa shape index (κ3) is 3.78. The van der Waals surface area contributed by atoms with Gasteiger partial charge in [-0.2, -0.15) is 0 Å². The van der Waals surface area contributed by atoms with Crippen molar-refractivity contribution in [2.45, 2.75) is 25.2 Å². The molecule has 3 nitrogen and oxygen atoms in total. The summed E-state index contributed by atoms with van der Waals surface area (Å²) in [6.45, 7) is 6.54. The summed E-state index contributed by atoms with van der Waals surface area (Å²) < 4.78 is 10.5. The van der Waals surface area contributed by atoms with Crippen LogP contribution in [0.15, 0.2) is 24.3 Å². The molecule has 0 amide bonds. The summed E-state index contributed by atoms with van der Waals surface area (Å²) in [5, 5.41) is 3.42. The Morgan fingerprint density at radius 2 is 1.84 bits per heavy atom. The Morgan fingerprint density at radius 1 is 1.11 bits per heavy atom. The average Bonchev–Trinajstić information content (AvgIpc) is 2.38. The number of benzene rings is 1. The molecule has 0 saturated carbocycles. The van der Waals surface area contributed by atoms with Gasteiger partial charge in [-0.3, -0.25) is 0 Å². The van der Waals surface area contributed by atoms with Crippen molar-refractivity contribution < 1.29 is 9.47 Å². The van der Waals surface area contributed by atoms with Gasteiger partial charge in [0.2, 0.25) is 0 Å². The molecule has 1 fully saturated rings. The summed E-state index contributed by atoms with van der Waals surface area (Å²) in [5.41, 5.74) is 3.13. The van der Waals surface area contributed by atoms with Gasteiger partial charge in [0.15, 0.2) is 0 Å². The summed E-state index contributed by atoms with van der Waals surface area (Å²) in [7, 11) is 1.70. The minimum atomic E-state index is 0.332. The molecule has 1 saturated heterocycles. The van der Waals surface area contributed by atoms with Crippen LogP contribution in [-0.4, -0.2) is 40.0 Å². The molecule has 1 heterocycles.